The van der Waals surface area contributed by atoms with Gasteiger partial charge in [0.15, 0.2) is 0 Å². The number of hydrogen-bond donors (Lipinski definition) is 2. The molecule has 0 fully saturated rings. The van der Waals surface area contributed by atoms with Crippen molar-refractivity contribution in [2.45, 2.75) is 33.9 Å². The lowest BCUT2D eigenvalue weighted by atomic mass is 10.2. The van der Waals surface area contributed by atoms with Gasteiger partial charge in [-0.3, -0.25) is 14.8 Å². The first kappa shape index (κ1) is 23.3. The normalized spacial score (nSPS) is 11.4. The molecule has 0 aliphatic rings. The van der Waals surface area contributed by atoms with Gasteiger partial charge in [-0.05, 0) is 51.1 Å². The Balaban J connectivity index is 1.95. The van der Waals surface area contributed by atoms with Crippen molar-refractivity contribution in [2.24, 2.45) is 4.99 Å². The minimum Gasteiger partial charge on any atom is -0.495 e. The van der Waals surface area contributed by atoms with Crippen LogP contribution in [0.3, 0.4) is 0 Å². The largest absolute Gasteiger partial charge is 0.495 e. The summed E-state index contributed by atoms with van der Waals surface area (Å²) in [7, 11) is 1.52. The van der Waals surface area contributed by atoms with Gasteiger partial charge in [0.1, 0.15) is 11.6 Å². The highest BCUT2D eigenvalue weighted by Gasteiger charge is 2.16. The number of aromatic nitrogens is 2. The number of carbonyl (C=O) groups is 1. The number of aryl methyl sites for hydroxylation is 2. The van der Waals surface area contributed by atoms with E-state index in [0.717, 1.165) is 23.5 Å². The van der Waals surface area contributed by atoms with Gasteiger partial charge in [0.2, 0.25) is 5.96 Å². The van der Waals surface area contributed by atoms with E-state index in [4.69, 9.17) is 16.3 Å². The van der Waals surface area contributed by atoms with E-state index in [9.17, 15) is 9.18 Å². The topological polar surface area (TPSA) is 80.5 Å². The predicted octanol–water partition coefficient (Wildman–Crippen LogP) is 4.72. The molecule has 3 aromatic rings. The van der Waals surface area contributed by atoms with Gasteiger partial charge in [0.25, 0.3) is 5.91 Å². The smallest absolute Gasteiger partial charge is 0.260 e. The minimum absolute atomic E-state index is 0.0915. The minimum atomic E-state index is -0.631. The van der Waals surface area contributed by atoms with E-state index in [1.165, 1.54) is 25.3 Å². The van der Waals surface area contributed by atoms with Gasteiger partial charge >= 0.3 is 0 Å². The maximum absolute atomic E-state index is 14.1. The molecule has 0 aliphatic heterocycles. The second-order valence-electron chi connectivity index (χ2n) is 7.03. The Morgan fingerprint density at radius 3 is 2.66 bits per heavy atom. The molecule has 2 aromatic carbocycles. The second-order valence-corrected chi connectivity index (χ2v) is 7.47. The highest BCUT2D eigenvalue weighted by Crippen LogP contribution is 2.27. The van der Waals surface area contributed by atoms with Crippen LogP contribution in [0.25, 0.3) is 0 Å². The van der Waals surface area contributed by atoms with Crippen LogP contribution in [0.15, 0.2) is 47.5 Å². The van der Waals surface area contributed by atoms with Gasteiger partial charge in [-0.15, -0.1) is 0 Å². The van der Waals surface area contributed by atoms with Crippen LogP contribution in [-0.2, 0) is 13.1 Å². The number of guanidine groups is 1. The van der Waals surface area contributed by atoms with Crippen molar-refractivity contribution in [3.8, 4) is 5.75 Å². The van der Waals surface area contributed by atoms with Crippen LogP contribution in [0.1, 0.15) is 34.2 Å². The number of methoxy groups -OCH3 is 1. The molecule has 0 bridgehead atoms. The van der Waals surface area contributed by atoms with Gasteiger partial charge in [-0.2, -0.15) is 5.10 Å². The zero-order valence-corrected chi connectivity index (χ0v) is 19.1. The third-order valence-electron chi connectivity index (χ3n) is 4.99. The molecule has 168 valence electrons. The number of aliphatic imine (C=N–C) groups is 1. The van der Waals surface area contributed by atoms with E-state index >= 15 is 0 Å². The molecule has 1 amide bonds. The van der Waals surface area contributed by atoms with E-state index < -0.39 is 11.7 Å². The van der Waals surface area contributed by atoms with Crippen molar-refractivity contribution < 1.29 is 13.9 Å². The van der Waals surface area contributed by atoms with E-state index in [2.05, 4.69) is 20.7 Å². The van der Waals surface area contributed by atoms with Crippen LogP contribution < -0.4 is 15.4 Å². The number of benzene rings is 2. The molecule has 0 spiro atoms. The van der Waals surface area contributed by atoms with Gasteiger partial charge in [0.05, 0.1) is 30.6 Å². The molecule has 0 saturated heterocycles. The Labute approximate surface area is 191 Å². The monoisotopic (exact) mass is 457 g/mol. The number of nitrogens with zero attached hydrogens (tertiary/aromatic N) is 3. The number of halogens is 2. The third-order valence-corrected chi connectivity index (χ3v) is 5.23. The van der Waals surface area contributed by atoms with E-state index in [0.29, 0.717) is 16.5 Å². The molecule has 9 heteroatoms. The summed E-state index contributed by atoms with van der Waals surface area (Å²) in [6.45, 7) is 6.90. The second kappa shape index (κ2) is 10.3. The van der Waals surface area contributed by atoms with Gasteiger partial charge in [0, 0.05) is 22.8 Å². The molecule has 3 rings (SSSR count). The van der Waals surface area contributed by atoms with Crippen LogP contribution in [0.5, 0.6) is 5.75 Å². The third kappa shape index (κ3) is 5.26. The molecule has 7 nitrogen and oxygen atoms in total. The lowest BCUT2D eigenvalue weighted by Crippen LogP contribution is -2.36. The van der Waals surface area contributed by atoms with Crippen molar-refractivity contribution in [2.75, 3.05) is 12.4 Å². The summed E-state index contributed by atoms with van der Waals surface area (Å²) in [4.78, 5) is 17.3. The first-order valence-corrected chi connectivity index (χ1v) is 10.5. The Morgan fingerprint density at radius 1 is 1.25 bits per heavy atom. The SMILES string of the molecule is CCn1nc(C)c(CN=C(NC(=O)c2ccccc2F)Nc2cc(Cl)ccc2OC)c1C. The zero-order valence-electron chi connectivity index (χ0n) is 18.4. The van der Waals surface area contributed by atoms with Crippen molar-refractivity contribution in [3.63, 3.8) is 0 Å². The summed E-state index contributed by atoms with van der Waals surface area (Å²) >= 11 is 6.13. The summed E-state index contributed by atoms with van der Waals surface area (Å²) in [6.07, 6.45) is 0. The van der Waals surface area contributed by atoms with Gasteiger partial charge in [-0.25, -0.2) is 9.38 Å². The number of rotatable bonds is 6. The van der Waals surface area contributed by atoms with Crippen LogP contribution in [0, 0.1) is 19.7 Å². The summed E-state index contributed by atoms with van der Waals surface area (Å²) < 4.78 is 21.4. The fraction of sp³-hybridized carbons (Fsp3) is 0.261. The Morgan fingerprint density at radius 2 is 2.00 bits per heavy atom. The van der Waals surface area contributed by atoms with Crippen LogP contribution >= 0.6 is 11.6 Å². The van der Waals surface area contributed by atoms with Crippen LogP contribution in [-0.4, -0.2) is 28.8 Å². The molecule has 1 aromatic heterocycles. The van der Waals surface area contributed by atoms with Gasteiger partial charge < -0.3 is 10.1 Å². The number of ether oxygens (including phenoxy) is 1. The number of carbonyl (C=O) groups excluding carboxylic acids is 1. The molecule has 0 radical (unpaired) electrons. The van der Waals surface area contributed by atoms with Crippen LogP contribution in [0.4, 0.5) is 10.1 Å². The molecule has 0 aliphatic carbocycles. The average Bonchev–Trinajstić information content (AvgIpc) is 3.05. The number of amides is 1. The van der Waals surface area contributed by atoms with Crippen LogP contribution in [0.2, 0.25) is 5.02 Å². The van der Waals surface area contributed by atoms with Crippen molar-refractivity contribution in [1.29, 1.82) is 0 Å². The Hall–Kier alpha value is -3.39. The molecular formula is C23H25ClFN5O2. The maximum atomic E-state index is 14.1. The highest BCUT2D eigenvalue weighted by atomic mass is 35.5. The van der Waals surface area contributed by atoms with E-state index in [-0.39, 0.29) is 18.1 Å². The molecule has 1 heterocycles. The molecule has 32 heavy (non-hydrogen) atoms. The number of anilines is 1. The molecule has 0 saturated carbocycles. The predicted molar refractivity (Wildman–Crippen MR) is 124 cm³/mol. The Bertz CT molecular complexity index is 1160. The summed E-state index contributed by atoms with van der Waals surface area (Å²) in [6, 6.07) is 10.8. The van der Waals surface area contributed by atoms with E-state index in [1.54, 1.807) is 24.3 Å². The lowest BCUT2D eigenvalue weighted by molar-refractivity contribution is 0.0973. The molecular weight excluding hydrogens is 433 g/mol. The quantitative estimate of drug-likeness (QED) is 0.414. The van der Waals surface area contributed by atoms with Crippen molar-refractivity contribution >= 4 is 29.2 Å². The van der Waals surface area contributed by atoms with Gasteiger partial charge in [-0.1, -0.05) is 23.7 Å². The zero-order chi connectivity index (χ0) is 23.3. The fourth-order valence-electron chi connectivity index (χ4n) is 3.26. The standard InChI is InChI=1S/C23H25ClFN5O2/c1-5-30-15(3)18(14(2)29-30)13-26-23(27-20-12-16(24)10-11-21(20)32-4)28-22(31)17-8-6-7-9-19(17)25/h6-12H,5,13H2,1-4H3,(H2,26,27,28,31). The average molecular weight is 458 g/mol. The lowest BCUT2D eigenvalue weighted by Gasteiger charge is -2.15. The molecule has 2 N–H and O–H groups in total. The van der Waals surface area contributed by atoms with E-state index in [1.807, 2.05) is 25.5 Å². The number of nitrogens with one attached hydrogen (secondary N) is 2. The van der Waals surface area contributed by atoms with Crippen molar-refractivity contribution in [1.82, 2.24) is 15.1 Å². The highest BCUT2D eigenvalue weighted by molar-refractivity contribution is 6.31. The molecule has 0 atom stereocenters. The first-order chi connectivity index (χ1) is 15.3. The first-order valence-electron chi connectivity index (χ1n) is 10.1. The fourth-order valence-corrected chi connectivity index (χ4v) is 3.44. The summed E-state index contributed by atoms with van der Waals surface area (Å²) in [5.41, 5.74) is 3.21. The Kier molecular flexibility index (Phi) is 7.48. The summed E-state index contributed by atoms with van der Waals surface area (Å²) in [5, 5.41) is 10.7. The van der Waals surface area contributed by atoms with Crippen molar-refractivity contribution in [3.05, 3.63) is 75.8 Å². The number of hydrogen-bond acceptors (Lipinski definition) is 4. The maximum Gasteiger partial charge on any atom is 0.260 e. The summed E-state index contributed by atoms with van der Waals surface area (Å²) in [5.74, 6) is -0.621. The molecule has 0 unspecified atom stereocenters.